The maximum atomic E-state index is 12.0. The fraction of sp³-hybridized carbons (Fsp3) is 0.273. The Morgan fingerprint density at radius 3 is 2.38 bits per heavy atom. The van der Waals surface area contributed by atoms with E-state index >= 15 is 0 Å². The number of hydrogen-bond acceptors (Lipinski definition) is 2. The molecule has 16 heavy (non-hydrogen) atoms. The van der Waals surface area contributed by atoms with Crippen LogP contribution < -0.4 is 5.32 Å². The fourth-order valence-electron chi connectivity index (χ4n) is 0.975. The summed E-state index contributed by atoms with van der Waals surface area (Å²) in [4.78, 5) is 0.173. The predicted molar refractivity (Wildman–Crippen MR) is 59.2 cm³/mol. The van der Waals surface area contributed by atoms with E-state index in [0.717, 1.165) is 0 Å². The molecule has 1 aromatic carbocycles. The molecule has 1 nitrogen and oxygen atoms in total. The number of hydrogen-bond donors (Lipinski definition) is 1. The molecule has 0 spiro atoms. The number of benzene rings is 1. The molecule has 0 saturated heterocycles. The van der Waals surface area contributed by atoms with Crippen LogP contribution in [0.1, 0.15) is 5.56 Å². The third-order valence-electron chi connectivity index (χ3n) is 1.59. The molecule has 0 amide bonds. The first-order valence-corrected chi connectivity index (χ1v) is 5.32. The molecule has 0 aliphatic rings. The first kappa shape index (κ1) is 12.9. The highest BCUT2D eigenvalue weighted by atomic mass is 32.2. The zero-order chi connectivity index (χ0) is 12.0. The van der Waals surface area contributed by atoms with Crippen molar-refractivity contribution >= 4 is 11.8 Å². The lowest BCUT2D eigenvalue weighted by molar-refractivity contribution is -0.0328. The summed E-state index contributed by atoms with van der Waals surface area (Å²) in [6.07, 6.45) is 0. The molecule has 0 saturated carbocycles. The number of halogens is 3. The van der Waals surface area contributed by atoms with Crippen molar-refractivity contribution in [2.75, 3.05) is 13.6 Å². The van der Waals surface area contributed by atoms with Gasteiger partial charge in [-0.3, -0.25) is 0 Å². The van der Waals surface area contributed by atoms with Gasteiger partial charge in [0.05, 0.1) is 6.54 Å². The second kappa shape index (κ2) is 5.83. The molecular formula is C11H10F3NS. The standard InChI is InChI=1S/C11H10F3NS/c1-15-8-2-3-9-4-6-10(7-5-9)16-11(12,13)14/h4-7,15H,8H2,1H3. The van der Waals surface area contributed by atoms with E-state index < -0.39 is 5.51 Å². The van der Waals surface area contributed by atoms with Gasteiger partial charge in [-0.2, -0.15) is 13.2 Å². The van der Waals surface area contributed by atoms with Crippen molar-refractivity contribution in [2.24, 2.45) is 0 Å². The molecule has 1 rings (SSSR count). The molecule has 0 fully saturated rings. The highest BCUT2D eigenvalue weighted by Gasteiger charge is 2.28. The summed E-state index contributed by atoms with van der Waals surface area (Å²) in [6.45, 7) is 0.555. The van der Waals surface area contributed by atoms with Crippen molar-refractivity contribution in [1.82, 2.24) is 5.32 Å². The third kappa shape index (κ3) is 5.10. The van der Waals surface area contributed by atoms with Gasteiger partial charge < -0.3 is 5.32 Å². The average molecular weight is 245 g/mol. The second-order valence-corrected chi connectivity index (χ2v) is 4.04. The van der Waals surface area contributed by atoms with Gasteiger partial charge in [0.2, 0.25) is 0 Å². The minimum absolute atomic E-state index is 0.123. The molecule has 0 radical (unpaired) electrons. The van der Waals surface area contributed by atoms with Gasteiger partial charge >= 0.3 is 5.51 Å². The van der Waals surface area contributed by atoms with Crippen molar-refractivity contribution in [3.8, 4) is 11.8 Å². The first-order chi connectivity index (χ1) is 7.51. The summed E-state index contributed by atoms with van der Waals surface area (Å²) in [5.74, 6) is 5.66. The second-order valence-electron chi connectivity index (χ2n) is 2.90. The van der Waals surface area contributed by atoms with Crippen LogP contribution in [0, 0.1) is 11.8 Å². The van der Waals surface area contributed by atoms with Gasteiger partial charge in [0.15, 0.2) is 0 Å². The highest BCUT2D eigenvalue weighted by Crippen LogP contribution is 2.36. The SMILES string of the molecule is CNCC#Cc1ccc(SC(F)(F)F)cc1. The average Bonchev–Trinajstić information content (AvgIpc) is 2.19. The highest BCUT2D eigenvalue weighted by molar-refractivity contribution is 8.00. The van der Waals surface area contributed by atoms with E-state index in [4.69, 9.17) is 0 Å². The molecule has 1 N–H and O–H groups in total. The lowest BCUT2D eigenvalue weighted by atomic mass is 10.2. The Bertz CT molecular complexity index is 386. The van der Waals surface area contributed by atoms with Crippen LogP contribution in [0.5, 0.6) is 0 Å². The minimum atomic E-state index is -4.24. The van der Waals surface area contributed by atoms with Crippen LogP contribution in [0.15, 0.2) is 29.2 Å². The number of thioether (sulfide) groups is 1. The zero-order valence-corrected chi connectivity index (χ0v) is 9.38. The molecule has 0 bridgehead atoms. The van der Waals surface area contributed by atoms with Gasteiger partial charge in [0.1, 0.15) is 0 Å². The molecule has 0 atom stereocenters. The van der Waals surface area contributed by atoms with Crippen LogP contribution >= 0.6 is 11.8 Å². The Balaban J connectivity index is 2.66. The van der Waals surface area contributed by atoms with Gasteiger partial charge in [0, 0.05) is 10.5 Å². The molecule has 0 heterocycles. The lowest BCUT2D eigenvalue weighted by Gasteiger charge is -2.04. The van der Waals surface area contributed by atoms with Crippen LogP contribution in [0.4, 0.5) is 13.2 Å². The molecular weight excluding hydrogens is 235 g/mol. The van der Waals surface area contributed by atoms with Gasteiger partial charge in [-0.1, -0.05) is 11.8 Å². The molecule has 5 heteroatoms. The zero-order valence-electron chi connectivity index (χ0n) is 8.56. The van der Waals surface area contributed by atoms with E-state index in [0.29, 0.717) is 12.1 Å². The van der Waals surface area contributed by atoms with E-state index in [2.05, 4.69) is 17.2 Å². The Hall–Kier alpha value is -1.12. The molecule has 1 aromatic rings. The summed E-state index contributed by atoms with van der Waals surface area (Å²) in [7, 11) is 1.78. The monoisotopic (exact) mass is 245 g/mol. The van der Waals surface area contributed by atoms with Crippen LogP contribution in [-0.4, -0.2) is 19.1 Å². The topological polar surface area (TPSA) is 12.0 Å². The van der Waals surface area contributed by atoms with Crippen LogP contribution in [-0.2, 0) is 0 Å². The summed E-state index contributed by atoms with van der Waals surface area (Å²) >= 11 is -0.123. The molecule has 0 aliphatic heterocycles. The third-order valence-corrected chi connectivity index (χ3v) is 2.33. The van der Waals surface area contributed by atoms with Crippen molar-refractivity contribution < 1.29 is 13.2 Å². The fourth-order valence-corrected chi connectivity index (χ4v) is 1.51. The van der Waals surface area contributed by atoms with Crippen molar-refractivity contribution in [2.45, 2.75) is 10.4 Å². The molecule has 0 aromatic heterocycles. The van der Waals surface area contributed by atoms with Gasteiger partial charge in [0.25, 0.3) is 0 Å². The van der Waals surface area contributed by atoms with E-state index in [-0.39, 0.29) is 16.7 Å². The largest absolute Gasteiger partial charge is 0.446 e. The quantitative estimate of drug-likeness (QED) is 0.635. The Morgan fingerprint density at radius 1 is 1.25 bits per heavy atom. The van der Waals surface area contributed by atoms with Crippen molar-refractivity contribution in [3.63, 3.8) is 0 Å². The normalized spacial score (nSPS) is 10.8. The Labute approximate surface area is 96.4 Å². The first-order valence-electron chi connectivity index (χ1n) is 4.50. The summed E-state index contributed by atoms with van der Waals surface area (Å²) in [5, 5.41) is 2.85. The van der Waals surface area contributed by atoms with E-state index in [9.17, 15) is 13.2 Å². The number of alkyl halides is 3. The molecule has 86 valence electrons. The van der Waals surface area contributed by atoms with Crippen LogP contribution in [0.2, 0.25) is 0 Å². The van der Waals surface area contributed by atoms with E-state index in [1.807, 2.05) is 0 Å². The van der Waals surface area contributed by atoms with Gasteiger partial charge in [-0.25, -0.2) is 0 Å². The van der Waals surface area contributed by atoms with E-state index in [1.54, 1.807) is 19.2 Å². The smallest absolute Gasteiger partial charge is 0.309 e. The van der Waals surface area contributed by atoms with Gasteiger partial charge in [-0.05, 0) is 43.1 Å². The summed E-state index contributed by atoms with van der Waals surface area (Å²) in [6, 6.07) is 6.00. The number of rotatable bonds is 2. The molecule has 0 unspecified atom stereocenters. The maximum Gasteiger partial charge on any atom is 0.446 e. The lowest BCUT2D eigenvalue weighted by Crippen LogP contribution is -2.04. The summed E-state index contributed by atoms with van der Waals surface area (Å²) < 4.78 is 36.1. The minimum Gasteiger partial charge on any atom is -0.309 e. The predicted octanol–water partition coefficient (Wildman–Crippen LogP) is 2.87. The molecule has 0 aliphatic carbocycles. The van der Waals surface area contributed by atoms with Crippen LogP contribution in [0.25, 0.3) is 0 Å². The Kier molecular flexibility index (Phi) is 4.71. The maximum absolute atomic E-state index is 12.0. The van der Waals surface area contributed by atoms with E-state index in [1.165, 1.54) is 12.1 Å². The van der Waals surface area contributed by atoms with Crippen molar-refractivity contribution in [1.29, 1.82) is 0 Å². The number of nitrogens with one attached hydrogen (secondary N) is 1. The Morgan fingerprint density at radius 2 is 1.88 bits per heavy atom. The van der Waals surface area contributed by atoms with Crippen molar-refractivity contribution in [3.05, 3.63) is 29.8 Å². The van der Waals surface area contributed by atoms with Gasteiger partial charge in [-0.15, -0.1) is 0 Å². The van der Waals surface area contributed by atoms with Crippen LogP contribution in [0.3, 0.4) is 0 Å². The summed E-state index contributed by atoms with van der Waals surface area (Å²) in [5.41, 5.74) is -3.53.